The minimum Gasteiger partial charge on any atom is -0.435 e. The second-order valence-corrected chi connectivity index (χ2v) is 6.20. The molecule has 4 heterocycles. The Morgan fingerprint density at radius 2 is 1.92 bits per heavy atom. The van der Waals surface area contributed by atoms with Gasteiger partial charge in [0.25, 0.3) is 6.33 Å². The summed E-state index contributed by atoms with van der Waals surface area (Å²) >= 11 is 0. The third-order valence-electron chi connectivity index (χ3n) is 4.62. The molecule has 5 aromatic rings. The van der Waals surface area contributed by atoms with Gasteiger partial charge in [-0.3, -0.25) is 4.98 Å². The third kappa shape index (κ3) is 1.96. The Morgan fingerprint density at radius 3 is 2.80 bits per heavy atom. The summed E-state index contributed by atoms with van der Waals surface area (Å²) in [5, 5.41) is 3.15. The number of aromatic nitrogens is 4. The summed E-state index contributed by atoms with van der Waals surface area (Å²) in [4.78, 5) is 13.4. The fourth-order valence-corrected chi connectivity index (χ4v) is 3.42. The molecule has 4 aromatic heterocycles. The monoisotopic (exact) mass is 327 g/mol. The van der Waals surface area contributed by atoms with Gasteiger partial charge in [0.1, 0.15) is 17.4 Å². The molecule has 0 saturated carbocycles. The molecule has 25 heavy (non-hydrogen) atoms. The number of nitrogens with zero attached hydrogens (tertiary/aromatic N) is 4. The number of hydrogen-bond acceptors (Lipinski definition) is 4. The van der Waals surface area contributed by atoms with Crippen LogP contribution in [0.2, 0.25) is 0 Å². The minimum absolute atomic E-state index is 0.616. The molecule has 5 rings (SSSR count). The zero-order valence-corrected chi connectivity index (χ0v) is 13.9. The summed E-state index contributed by atoms with van der Waals surface area (Å²) < 4.78 is 8.16. The molecule has 0 unspecified atom stereocenters. The highest BCUT2D eigenvalue weighted by molar-refractivity contribution is 6.17. The van der Waals surface area contributed by atoms with Gasteiger partial charge in [-0.1, -0.05) is 29.2 Å². The molecule has 120 valence electrons. The van der Waals surface area contributed by atoms with Crippen LogP contribution in [-0.4, -0.2) is 15.0 Å². The predicted molar refractivity (Wildman–Crippen MR) is 96.0 cm³/mol. The average molecular weight is 327 g/mol. The molecule has 0 N–H and O–H groups in total. The highest BCUT2D eigenvalue weighted by atomic mass is 16.3. The number of benzene rings is 1. The van der Waals surface area contributed by atoms with Gasteiger partial charge in [-0.2, -0.15) is 0 Å². The topological polar surface area (TPSA) is 55.7 Å². The van der Waals surface area contributed by atoms with Crippen LogP contribution in [0.3, 0.4) is 0 Å². The van der Waals surface area contributed by atoms with E-state index in [1.165, 1.54) is 0 Å². The van der Waals surface area contributed by atoms with Crippen LogP contribution >= 0.6 is 0 Å². The lowest BCUT2D eigenvalue weighted by Crippen LogP contribution is -2.31. The van der Waals surface area contributed by atoms with E-state index in [0.29, 0.717) is 5.71 Å². The summed E-state index contributed by atoms with van der Waals surface area (Å²) in [6, 6.07) is 10.2. The molecule has 0 aliphatic rings. The van der Waals surface area contributed by atoms with Crippen LogP contribution in [0.15, 0.2) is 59.7 Å². The number of furan rings is 1. The van der Waals surface area contributed by atoms with Crippen LogP contribution in [0.4, 0.5) is 0 Å². The van der Waals surface area contributed by atoms with Crippen molar-refractivity contribution in [3.63, 3.8) is 0 Å². The molecule has 5 nitrogen and oxygen atoms in total. The van der Waals surface area contributed by atoms with Gasteiger partial charge < -0.3 is 4.42 Å². The maximum absolute atomic E-state index is 6.17. The lowest BCUT2D eigenvalue weighted by atomic mass is 10.0. The van der Waals surface area contributed by atoms with Crippen molar-refractivity contribution < 1.29 is 8.98 Å². The number of fused-ring (bicyclic) bond motifs is 5. The number of hydrogen-bond donors (Lipinski definition) is 0. The SMILES string of the molecule is Cc1cnc2c(oc3ncc4ccccc4c32)c1-c1ccnc[n+]1C. The van der Waals surface area contributed by atoms with Gasteiger partial charge in [0.15, 0.2) is 5.58 Å². The highest BCUT2D eigenvalue weighted by Crippen LogP contribution is 2.37. The van der Waals surface area contributed by atoms with E-state index in [4.69, 9.17) is 4.42 Å². The van der Waals surface area contributed by atoms with E-state index in [-0.39, 0.29) is 0 Å². The molecular formula is C20H15N4O+. The van der Waals surface area contributed by atoms with E-state index in [2.05, 4.69) is 27.1 Å². The fourth-order valence-electron chi connectivity index (χ4n) is 3.42. The second kappa shape index (κ2) is 5.08. The lowest BCUT2D eigenvalue weighted by Gasteiger charge is -2.05. The van der Waals surface area contributed by atoms with Gasteiger partial charge in [0.05, 0.1) is 18.0 Å². The first-order valence-electron chi connectivity index (χ1n) is 8.09. The van der Waals surface area contributed by atoms with Crippen molar-refractivity contribution in [2.24, 2.45) is 7.05 Å². The minimum atomic E-state index is 0.616. The summed E-state index contributed by atoms with van der Waals surface area (Å²) in [5.74, 6) is 0. The van der Waals surface area contributed by atoms with Gasteiger partial charge in [-0.25, -0.2) is 9.55 Å². The maximum Gasteiger partial charge on any atom is 0.286 e. The van der Waals surface area contributed by atoms with Crippen LogP contribution in [0.25, 0.3) is 44.2 Å². The molecular weight excluding hydrogens is 312 g/mol. The van der Waals surface area contributed by atoms with Gasteiger partial charge in [0.2, 0.25) is 5.71 Å². The van der Waals surface area contributed by atoms with Crippen molar-refractivity contribution in [2.75, 3.05) is 0 Å². The van der Waals surface area contributed by atoms with Crippen LogP contribution in [0, 0.1) is 6.92 Å². The molecule has 1 aromatic carbocycles. The largest absolute Gasteiger partial charge is 0.435 e. The smallest absolute Gasteiger partial charge is 0.286 e. The fraction of sp³-hybridized carbons (Fsp3) is 0.100. The van der Waals surface area contributed by atoms with E-state index in [9.17, 15) is 0 Å². The number of rotatable bonds is 1. The normalized spacial score (nSPS) is 11.6. The zero-order chi connectivity index (χ0) is 17.0. The van der Waals surface area contributed by atoms with Crippen LogP contribution in [0.1, 0.15) is 5.56 Å². The summed E-state index contributed by atoms with van der Waals surface area (Å²) in [6.07, 6.45) is 7.32. The Morgan fingerprint density at radius 1 is 1.04 bits per heavy atom. The summed E-state index contributed by atoms with van der Waals surface area (Å²) in [7, 11) is 1.98. The van der Waals surface area contributed by atoms with Crippen molar-refractivity contribution in [1.82, 2.24) is 15.0 Å². The molecule has 0 bridgehead atoms. The Bertz CT molecular complexity index is 1270. The first-order chi connectivity index (χ1) is 12.2. The van der Waals surface area contributed by atoms with Crippen LogP contribution in [-0.2, 0) is 7.05 Å². The van der Waals surface area contributed by atoms with Crippen LogP contribution < -0.4 is 4.57 Å². The van der Waals surface area contributed by atoms with E-state index in [0.717, 1.165) is 44.1 Å². The third-order valence-corrected chi connectivity index (χ3v) is 4.62. The second-order valence-electron chi connectivity index (χ2n) is 6.20. The molecule has 0 saturated heterocycles. The average Bonchev–Trinajstić information content (AvgIpc) is 3.01. The predicted octanol–water partition coefficient (Wildman–Crippen LogP) is 3.72. The Kier molecular flexibility index (Phi) is 2.85. The van der Waals surface area contributed by atoms with Crippen molar-refractivity contribution in [1.29, 1.82) is 0 Å². The maximum atomic E-state index is 6.17. The van der Waals surface area contributed by atoms with Gasteiger partial charge in [-0.05, 0) is 17.9 Å². The molecule has 0 amide bonds. The molecule has 0 aliphatic carbocycles. The standard InChI is InChI=1S/C20H15N4O/c1-12-9-22-18-17-14-6-4-3-5-13(14)10-23-20(17)25-19(18)16(12)15-7-8-21-11-24(15)2/h3-11H,1-2H3/q+1. The molecule has 0 atom stereocenters. The van der Waals surface area contributed by atoms with E-state index in [1.807, 2.05) is 49.1 Å². The highest BCUT2D eigenvalue weighted by Gasteiger charge is 2.21. The van der Waals surface area contributed by atoms with E-state index < -0.39 is 0 Å². The van der Waals surface area contributed by atoms with Crippen molar-refractivity contribution in [2.45, 2.75) is 6.92 Å². The Labute approximate surface area is 143 Å². The van der Waals surface area contributed by atoms with Crippen LogP contribution in [0.5, 0.6) is 0 Å². The first kappa shape index (κ1) is 14.0. The number of pyridine rings is 2. The molecule has 0 aliphatic heterocycles. The van der Waals surface area contributed by atoms with Crippen molar-refractivity contribution >= 4 is 33.0 Å². The van der Waals surface area contributed by atoms with Crippen molar-refractivity contribution in [3.05, 3.63) is 60.8 Å². The summed E-state index contributed by atoms with van der Waals surface area (Å²) in [5.41, 5.74) is 5.33. The molecule has 0 spiro atoms. The molecule has 5 heteroatoms. The summed E-state index contributed by atoms with van der Waals surface area (Å²) in [6.45, 7) is 2.04. The molecule has 0 fully saturated rings. The van der Waals surface area contributed by atoms with E-state index >= 15 is 0 Å². The van der Waals surface area contributed by atoms with Gasteiger partial charge >= 0.3 is 0 Å². The quantitative estimate of drug-likeness (QED) is 0.440. The van der Waals surface area contributed by atoms with E-state index in [1.54, 1.807) is 12.5 Å². The zero-order valence-electron chi connectivity index (χ0n) is 13.9. The Balaban J connectivity index is 1.99. The van der Waals surface area contributed by atoms with Gasteiger partial charge in [-0.15, -0.1) is 0 Å². The molecule has 0 radical (unpaired) electrons. The Hall–Kier alpha value is -3.34. The first-order valence-corrected chi connectivity index (χ1v) is 8.09. The number of aryl methyl sites for hydroxylation is 2. The lowest BCUT2D eigenvalue weighted by molar-refractivity contribution is -0.663. The van der Waals surface area contributed by atoms with Crippen molar-refractivity contribution in [3.8, 4) is 11.3 Å². The van der Waals surface area contributed by atoms with Gasteiger partial charge in [0, 0.05) is 23.8 Å².